The van der Waals surface area contributed by atoms with Crippen molar-refractivity contribution in [2.45, 2.75) is 32.9 Å². The van der Waals surface area contributed by atoms with Crippen LogP contribution in [0.4, 0.5) is 0 Å². The van der Waals surface area contributed by atoms with Crippen LogP contribution in [0.5, 0.6) is 0 Å². The van der Waals surface area contributed by atoms with Gasteiger partial charge in [0.1, 0.15) is 6.04 Å². The van der Waals surface area contributed by atoms with Crippen LogP contribution in [-0.4, -0.2) is 28.7 Å². The molecular weight excluding hydrogens is 328 g/mol. The second-order valence-electron chi connectivity index (χ2n) is 6.84. The summed E-state index contributed by atoms with van der Waals surface area (Å²) < 4.78 is 0. The van der Waals surface area contributed by atoms with Crippen LogP contribution in [0.1, 0.15) is 53.1 Å². The number of hydrogen-bond acceptors (Lipinski definition) is 3. The second kappa shape index (κ2) is 7.12. The topological polar surface area (TPSA) is 66.5 Å². The zero-order valence-corrected chi connectivity index (χ0v) is 15.1. The summed E-state index contributed by atoms with van der Waals surface area (Å²) in [5.74, 6) is -1.03. The largest absolute Gasteiger partial charge is 0.347 e. The first-order chi connectivity index (χ1) is 12.4. The Bertz CT molecular complexity index is 810. The number of rotatable bonds is 5. The Morgan fingerprint density at radius 1 is 0.846 bits per heavy atom. The fourth-order valence-corrected chi connectivity index (χ4v) is 3.25. The minimum absolute atomic E-state index is 0.163. The molecular formula is C21H22N2O3. The summed E-state index contributed by atoms with van der Waals surface area (Å²) >= 11 is 0. The van der Waals surface area contributed by atoms with Gasteiger partial charge in [0.05, 0.1) is 17.2 Å². The van der Waals surface area contributed by atoms with E-state index in [2.05, 4.69) is 5.32 Å². The van der Waals surface area contributed by atoms with Gasteiger partial charge in [-0.05, 0) is 30.5 Å². The van der Waals surface area contributed by atoms with E-state index in [4.69, 9.17) is 0 Å². The van der Waals surface area contributed by atoms with Crippen LogP contribution in [0.3, 0.4) is 0 Å². The molecule has 0 aromatic heterocycles. The summed E-state index contributed by atoms with van der Waals surface area (Å²) in [6, 6.07) is 15.2. The average molecular weight is 350 g/mol. The van der Waals surface area contributed by atoms with E-state index in [1.54, 1.807) is 31.2 Å². The molecule has 0 bridgehead atoms. The first-order valence-corrected chi connectivity index (χ1v) is 8.74. The number of carbonyl (C=O) groups is 3. The molecule has 26 heavy (non-hydrogen) atoms. The van der Waals surface area contributed by atoms with E-state index in [0.29, 0.717) is 11.1 Å². The maximum Gasteiger partial charge on any atom is 0.262 e. The molecule has 1 aliphatic heterocycles. The summed E-state index contributed by atoms with van der Waals surface area (Å²) in [5, 5.41) is 2.99. The minimum atomic E-state index is -0.882. The Hall–Kier alpha value is -2.95. The third-order valence-corrected chi connectivity index (χ3v) is 4.72. The van der Waals surface area contributed by atoms with Crippen molar-refractivity contribution in [1.82, 2.24) is 10.2 Å². The van der Waals surface area contributed by atoms with Crippen LogP contribution in [0.15, 0.2) is 54.6 Å². The van der Waals surface area contributed by atoms with Gasteiger partial charge in [0.25, 0.3) is 11.8 Å². The highest BCUT2D eigenvalue weighted by Crippen LogP contribution is 2.26. The highest BCUT2D eigenvalue weighted by molar-refractivity contribution is 6.22. The number of benzene rings is 2. The van der Waals surface area contributed by atoms with E-state index in [1.165, 1.54) is 0 Å². The molecule has 3 amide bonds. The Labute approximate surface area is 153 Å². The molecule has 1 N–H and O–H groups in total. The van der Waals surface area contributed by atoms with Gasteiger partial charge < -0.3 is 5.32 Å². The Morgan fingerprint density at radius 2 is 1.35 bits per heavy atom. The maximum absolute atomic E-state index is 12.8. The smallest absolute Gasteiger partial charge is 0.262 e. The number of amides is 3. The van der Waals surface area contributed by atoms with Gasteiger partial charge in [-0.25, -0.2) is 0 Å². The van der Waals surface area contributed by atoms with E-state index >= 15 is 0 Å². The van der Waals surface area contributed by atoms with Crippen molar-refractivity contribution in [3.8, 4) is 0 Å². The summed E-state index contributed by atoms with van der Waals surface area (Å²) in [6.07, 6.45) is 0. The Morgan fingerprint density at radius 3 is 1.85 bits per heavy atom. The maximum atomic E-state index is 12.8. The van der Waals surface area contributed by atoms with Gasteiger partial charge in [-0.1, -0.05) is 56.3 Å². The van der Waals surface area contributed by atoms with E-state index in [1.807, 2.05) is 44.2 Å². The van der Waals surface area contributed by atoms with Gasteiger partial charge in [-0.3, -0.25) is 19.3 Å². The van der Waals surface area contributed by atoms with Crippen molar-refractivity contribution in [3.63, 3.8) is 0 Å². The van der Waals surface area contributed by atoms with Crippen LogP contribution in [0, 0.1) is 5.92 Å². The lowest BCUT2D eigenvalue weighted by atomic mass is 9.95. The van der Waals surface area contributed by atoms with Crippen molar-refractivity contribution >= 4 is 17.7 Å². The second-order valence-corrected chi connectivity index (χ2v) is 6.84. The summed E-state index contributed by atoms with van der Waals surface area (Å²) in [6.45, 7) is 5.62. The third-order valence-electron chi connectivity index (χ3n) is 4.72. The van der Waals surface area contributed by atoms with Crippen LogP contribution < -0.4 is 5.32 Å². The molecule has 0 unspecified atom stereocenters. The molecule has 5 heteroatoms. The van der Waals surface area contributed by atoms with Crippen molar-refractivity contribution in [2.75, 3.05) is 0 Å². The minimum Gasteiger partial charge on any atom is -0.347 e. The standard InChI is InChI=1S/C21H22N2O3/c1-13(2)18(15-9-5-4-6-10-15)22-19(24)14(3)23-20(25)16-11-7-8-12-17(16)21(23)26/h4-14,18H,1-3H3,(H,22,24)/t14-,18+/m1/s1. The van der Waals surface area contributed by atoms with E-state index in [0.717, 1.165) is 10.5 Å². The number of nitrogens with zero attached hydrogens (tertiary/aromatic N) is 1. The van der Waals surface area contributed by atoms with Crippen molar-refractivity contribution in [1.29, 1.82) is 0 Å². The third kappa shape index (κ3) is 3.12. The van der Waals surface area contributed by atoms with Gasteiger partial charge in [0, 0.05) is 0 Å². The zero-order chi connectivity index (χ0) is 18.8. The number of fused-ring (bicyclic) bond motifs is 1. The molecule has 0 fully saturated rings. The van der Waals surface area contributed by atoms with Crippen molar-refractivity contribution < 1.29 is 14.4 Å². The molecule has 1 heterocycles. The Kier molecular flexibility index (Phi) is 4.89. The first-order valence-electron chi connectivity index (χ1n) is 8.74. The average Bonchev–Trinajstić information content (AvgIpc) is 2.90. The number of nitrogens with one attached hydrogen (secondary N) is 1. The summed E-state index contributed by atoms with van der Waals surface area (Å²) in [7, 11) is 0. The molecule has 0 saturated carbocycles. The van der Waals surface area contributed by atoms with Crippen LogP contribution in [0.2, 0.25) is 0 Å². The SMILES string of the molecule is CC(C)[C@H](NC(=O)[C@@H](C)N1C(=O)c2ccccc2C1=O)c1ccccc1. The van der Waals surface area contributed by atoms with Gasteiger partial charge >= 0.3 is 0 Å². The Balaban J connectivity index is 1.80. The molecule has 1 aliphatic rings. The van der Waals surface area contributed by atoms with Gasteiger partial charge in [0.15, 0.2) is 0 Å². The molecule has 0 radical (unpaired) electrons. The molecule has 2 aromatic carbocycles. The lowest BCUT2D eigenvalue weighted by molar-refractivity contribution is -0.125. The first kappa shape index (κ1) is 17.9. The quantitative estimate of drug-likeness (QED) is 0.842. The fraction of sp³-hybridized carbons (Fsp3) is 0.286. The number of hydrogen-bond donors (Lipinski definition) is 1. The summed E-state index contributed by atoms with van der Waals surface area (Å²) in [4.78, 5) is 39.0. The molecule has 5 nitrogen and oxygen atoms in total. The molecule has 134 valence electrons. The van der Waals surface area contributed by atoms with Crippen molar-refractivity contribution in [2.24, 2.45) is 5.92 Å². The highest BCUT2D eigenvalue weighted by atomic mass is 16.2. The van der Waals surface area contributed by atoms with Gasteiger partial charge in [-0.15, -0.1) is 0 Å². The predicted octanol–water partition coefficient (Wildman–Crippen LogP) is 3.18. The van der Waals surface area contributed by atoms with E-state index < -0.39 is 17.9 Å². The van der Waals surface area contributed by atoms with Crippen LogP contribution in [0.25, 0.3) is 0 Å². The molecule has 3 rings (SSSR count). The molecule has 0 spiro atoms. The van der Waals surface area contributed by atoms with E-state index in [-0.39, 0.29) is 17.9 Å². The van der Waals surface area contributed by atoms with Gasteiger partial charge in [-0.2, -0.15) is 0 Å². The van der Waals surface area contributed by atoms with E-state index in [9.17, 15) is 14.4 Å². The predicted molar refractivity (Wildman–Crippen MR) is 98.6 cm³/mol. The number of carbonyl (C=O) groups excluding carboxylic acids is 3. The molecule has 2 atom stereocenters. The summed E-state index contributed by atoms with van der Waals surface area (Å²) in [5.41, 5.74) is 1.69. The van der Waals surface area contributed by atoms with Crippen molar-refractivity contribution in [3.05, 3.63) is 71.3 Å². The molecule has 0 saturated heterocycles. The lowest BCUT2D eigenvalue weighted by Crippen LogP contribution is -2.49. The van der Waals surface area contributed by atoms with Crippen LogP contribution >= 0.6 is 0 Å². The molecule has 0 aliphatic carbocycles. The normalized spacial score (nSPS) is 15.8. The monoisotopic (exact) mass is 350 g/mol. The van der Waals surface area contributed by atoms with Gasteiger partial charge in [0.2, 0.25) is 5.91 Å². The van der Waals surface area contributed by atoms with Crippen LogP contribution in [-0.2, 0) is 4.79 Å². The molecule has 2 aromatic rings. The highest BCUT2D eigenvalue weighted by Gasteiger charge is 2.41. The lowest BCUT2D eigenvalue weighted by Gasteiger charge is -2.27. The fourth-order valence-electron chi connectivity index (χ4n) is 3.25. The zero-order valence-electron chi connectivity index (χ0n) is 15.1. The number of imide groups is 1.